The van der Waals surface area contributed by atoms with Crippen molar-refractivity contribution in [3.05, 3.63) is 12.3 Å². The topological polar surface area (TPSA) is 52.3 Å². The maximum absolute atomic E-state index is 10.7. The van der Waals surface area contributed by atoms with E-state index in [1.807, 2.05) is 20.8 Å². The summed E-state index contributed by atoms with van der Waals surface area (Å²) < 4.78 is 4.80. The summed E-state index contributed by atoms with van der Waals surface area (Å²) in [6.45, 7) is 9.54. The average Bonchev–Trinajstić information content (AvgIpc) is 1.80. The van der Waals surface area contributed by atoms with Crippen molar-refractivity contribution in [2.45, 2.75) is 20.8 Å². The molecule has 0 aromatic heterocycles. The van der Waals surface area contributed by atoms with E-state index in [1.54, 1.807) is 0 Å². The van der Waals surface area contributed by atoms with Gasteiger partial charge >= 0.3 is 5.97 Å². The minimum atomic E-state index is -0.528. The monoisotopic (exact) mass is 157 g/mol. The lowest BCUT2D eigenvalue weighted by Crippen LogP contribution is -2.21. The zero-order valence-corrected chi connectivity index (χ0v) is 7.31. The van der Waals surface area contributed by atoms with E-state index >= 15 is 0 Å². The normalized spacial score (nSPS) is 10.8. The fraction of sp³-hybridized carbons (Fsp3) is 0.625. The quantitative estimate of drug-likeness (QED) is 0.481. The molecular weight excluding hydrogens is 142 g/mol. The first kappa shape index (κ1) is 10.0. The number of nitrogens with two attached hydrogens (primary N) is 1. The molecule has 3 heteroatoms. The number of carbonyl (C=O) groups excluding carboxylic acids is 1. The number of carbonyl (C=O) groups is 1. The summed E-state index contributed by atoms with van der Waals surface area (Å²) >= 11 is 0. The van der Waals surface area contributed by atoms with Gasteiger partial charge in [-0.1, -0.05) is 27.4 Å². The first-order valence-corrected chi connectivity index (χ1v) is 3.44. The summed E-state index contributed by atoms with van der Waals surface area (Å²) in [4.78, 5) is 10.7. The van der Waals surface area contributed by atoms with Crippen LogP contribution in [0.4, 0.5) is 0 Å². The van der Waals surface area contributed by atoms with Crippen molar-refractivity contribution in [1.82, 2.24) is 0 Å². The largest absolute Gasteiger partial charge is 0.460 e. The summed E-state index contributed by atoms with van der Waals surface area (Å²) in [7, 11) is 0. The molecule has 0 rings (SSSR count). The van der Waals surface area contributed by atoms with Crippen LogP contribution < -0.4 is 5.73 Å². The molecule has 2 N–H and O–H groups in total. The molecule has 0 heterocycles. The molecule has 0 radical (unpaired) electrons. The van der Waals surface area contributed by atoms with E-state index in [2.05, 4.69) is 6.58 Å². The number of hydrogen-bond acceptors (Lipinski definition) is 3. The Labute approximate surface area is 67.2 Å². The third-order valence-electron chi connectivity index (χ3n) is 0.898. The maximum atomic E-state index is 10.7. The van der Waals surface area contributed by atoms with Crippen molar-refractivity contribution in [3.63, 3.8) is 0 Å². The molecule has 0 bridgehead atoms. The Morgan fingerprint density at radius 1 is 1.55 bits per heavy atom. The predicted molar refractivity (Wildman–Crippen MR) is 43.7 cm³/mol. The van der Waals surface area contributed by atoms with Crippen LogP contribution in [-0.4, -0.2) is 12.6 Å². The van der Waals surface area contributed by atoms with E-state index in [4.69, 9.17) is 10.5 Å². The van der Waals surface area contributed by atoms with E-state index < -0.39 is 5.97 Å². The van der Waals surface area contributed by atoms with E-state index in [0.29, 0.717) is 6.61 Å². The second kappa shape index (κ2) is 3.42. The van der Waals surface area contributed by atoms with Gasteiger partial charge in [0.2, 0.25) is 0 Å². The number of ether oxygens (including phenoxy) is 1. The molecule has 0 aliphatic rings. The van der Waals surface area contributed by atoms with Gasteiger partial charge in [0.25, 0.3) is 0 Å². The second-order valence-electron chi connectivity index (χ2n) is 3.66. The standard InChI is InChI=1S/C8H15NO2/c1-6(9)7(10)11-5-8(2,3)4/h1,5,9H2,2-4H3. The van der Waals surface area contributed by atoms with Crippen molar-refractivity contribution in [2.24, 2.45) is 11.1 Å². The molecular formula is C8H15NO2. The summed E-state index contributed by atoms with van der Waals surface area (Å²) in [5.74, 6) is -0.528. The van der Waals surface area contributed by atoms with Gasteiger partial charge in [0.15, 0.2) is 0 Å². The Kier molecular flexibility index (Phi) is 3.11. The highest BCUT2D eigenvalue weighted by Gasteiger charge is 2.13. The third-order valence-corrected chi connectivity index (χ3v) is 0.898. The van der Waals surface area contributed by atoms with Crippen LogP contribution in [0.1, 0.15) is 20.8 Å². The first-order valence-electron chi connectivity index (χ1n) is 3.44. The van der Waals surface area contributed by atoms with Gasteiger partial charge in [-0.25, -0.2) is 4.79 Å². The molecule has 0 aliphatic heterocycles. The lowest BCUT2D eigenvalue weighted by atomic mass is 9.99. The van der Waals surface area contributed by atoms with Crippen molar-refractivity contribution >= 4 is 5.97 Å². The van der Waals surface area contributed by atoms with Crippen LogP contribution in [0.2, 0.25) is 0 Å². The smallest absolute Gasteiger partial charge is 0.353 e. The molecule has 0 amide bonds. The summed E-state index contributed by atoms with van der Waals surface area (Å²) in [5, 5.41) is 0. The van der Waals surface area contributed by atoms with Crippen LogP contribution in [0, 0.1) is 5.41 Å². The fourth-order valence-electron chi connectivity index (χ4n) is 0.375. The van der Waals surface area contributed by atoms with Crippen LogP contribution >= 0.6 is 0 Å². The van der Waals surface area contributed by atoms with Crippen molar-refractivity contribution in [1.29, 1.82) is 0 Å². The van der Waals surface area contributed by atoms with Crippen LogP contribution in [0.15, 0.2) is 12.3 Å². The molecule has 0 unspecified atom stereocenters. The minimum absolute atomic E-state index is 0.0227. The Morgan fingerprint density at radius 3 is 2.27 bits per heavy atom. The molecule has 3 nitrogen and oxygen atoms in total. The van der Waals surface area contributed by atoms with Gasteiger partial charge < -0.3 is 10.5 Å². The number of rotatable bonds is 2. The van der Waals surface area contributed by atoms with E-state index in [9.17, 15) is 4.79 Å². The van der Waals surface area contributed by atoms with Gasteiger partial charge in [0, 0.05) is 0 Å². The molecule has 0 atom stereocenters. The van der Waals surface area contributed by atoms with Gasteiger partial charge in [-0.2, -0.15) is 0 Å². The molecule has 0 aromatic rings. The summed E-state index contributed by atoms with van der Waals surface area (Å²) in [5.41, 5.74) is 5.03. The molecule has 0 spiro atoms. The molecule has 64 valence electrons. The Bertz CT molecular complexity index is 167. The third kappa shape index (κ3) is 5.45. The van der Waals surface area contributed by atoms with Gasteiger partial charge in [0.05, 0.1) is 6.61 Å². The molecule has 0 saturated carbocycles. The highest BCUT2D eigenvalue weighted by Crippen LogP contribution is 2.12. The lowest BCUT2D eigenvalue weighted by molar-refractivity contribution is -0.141. The Balaban J connectivity index is 3.73. The SMILES string of the molecule is C=C(N)C(=O)OCC(C)(C)C. The second-order valence-corrected chi connectivity index (χ2v) is 3.66. The number of hydrogen-bond donors (Lipinski definition) is 1. The van der Waals surface area contributed by atoms with Gasteiger partial charge in [0.1, 0.15) is 5.70 Å². The molecule has 11 heavy (non-hydrogen) atoms. The van der Waals surface area contributed by atoms with Gasteiger partial charge in [-0.05, 0) is 5.41 Å². The zero-order chi connectivity index (χ0) is 9.07. The average molecular weight is 157 g/mol. The molecule has 0 aliphatic carbocycles. The zero-order valence-electron chi connectivity index (χ0n) is 7.31. The van der Waals surface area contributed by atoms with Gasteiger partial charge in [-0.15, -0.1) is 0 Å². The summed E-state index contributed by atoms with van der Waals surface area (Å²) in [6.07, 6.45) is 0. The molecule has 0 aromatic carbocycles. The van der Waals surface area contributed by atoms with E-state index in [1.165, 1.54) is 0 Å². The van der Waals surface area contributed by atoms with E-state index in [0.717, 1.165) is 0 Å². The predicted octanol–water partition coefficient (Wildman–Crippen LogP) is 1.05. The Morgan fingerprint density at radius 2 is 2.00 bits per heavy atom. The minimum Gasteiger partial charge on any atom is -0.460 e. The van der Waals surface area contributed by atoms with E-state index in [-0.39, 0.29) is 11.1 Å². The van der Waals surface area contributed by atoms with Crippen molar-refractivity contribution in [2.75, 3.05) is 6.61 Å². The Hall–Kier alpha value is -0.990. The van der Waals surface area contributed by atoms with Crippen molar-refractivity contribution in [3.8, 4) is 0 Å². The van der Waals surface area contributed by atoms with Crippen molar-refractivity contribution < 1.29 is 9.53 Å². The molecule has 0 fully saturated rings. The maximum Gasteiger partial charge on any atom is 0.353 e. The number of esters is 1. The summed E-state index contributed by atoms with van der Waals surface area (Å²) in [6, 6.07) is 0. The lowest BCUT2D eigenvalue weighted by Gasteiger charge is -2.17. The first-order chi connectivity index (χ1) is 4.83. The van der Waals surface area contributed by atoms with Crippen LogP contribution in [0.5, 0.6) is 0 Å². The highest BCUT2D eigenvalue weighted by molar-refractivity contribution is 5.86. The van der Waals surface area contributed by atoms with Crippen LogP contribution in [0.3, 0.4) is 0 Å². The van der Waals surface area contributed by atoms with Gasteiger partial charge in [-0.3, -0.25) is 0 Å². The molecule has 0 saturated heterocycles. The van der Waals surface area contributed by atoms with Crippen LogP contribution in [-0.2, 0) is 9.53 Å². The van der Waals surface area contributed by atoms with Crippen LogP contribution in [0.25, 0.3) is 0 Å². The fourth-order valence-corrected chi connectivity index (χ4v) is 0.375. The highest BCUT2D eigenvalue weighted by atomic mass is 16.5.